The van der Waals surface area contributed by atoms with Crippen LogP contribution in [0.2, 0.25) is 0 Å². The minimum atomic E-state index is -1.07. The molecule has 0 heterocycles. The summed E-state index contributed by atoms with van der Waals surface area (Å²) >= 11 is 0. The maximum Gasteiger partial charge on any atom is 0.341 e. The van der Waals surface area contributed by atoms with Crippen LogP contribution in [0.1, 0.15) is 0 Å². The Hall–Kier alpha value is -2.68. The number of benzene rings is 1. The van der Waals surface area contributed by atoms with Gasteiger partial charge in [-0.1, -0.05) is 12.0 Å². The van der Waals surface area contributed by atoms with Crippen molar-refractivity contribution >= 4 is 17.7 Å². The monoisotopic (exact) mass is 262 g/mol. The van der Waals surface area contributed by atoms with Crippen molar-refractivity contribution in [1.29, 1.82) is 0 Å². The molecule has 0 aromatic heterocycles. The van der Waals surface area contributed by atoms with Gasteiger partial charge < -0.3 is 20.1 Å². The molecule has 0 unspecified atom stereocenters. The Morgan fingerprint density at radius 3 is 2.89 bits per heavy atom. The summed E-state index contributed by atoms with van der Waals surface area (Å²) in [5.74, 6) is 1.65. The molecule has 0 saturated heterocycles. The third kappa shape index (κ3) is 5.00. The Balaban J connectivity index is 2.64. The van der Waals surface area contributed by atoms with Crippen LogP contribution in [0.4, 0.5) is 10.5 Å². The van der Waals surface area contributed by atoms with Gasteiger partial charge in [-0.15, -0.1) is 6.42 Å². The summed E-state index contributed by atoms with van der Waals surface area (Å²) in [6.07, 6.45) is 5.11. The molecule has 6 nitrogen and oxygen atoms in total. The molecule has 2 N–H and O–H groups in total. The number of amides is 2. The summed E-state index contributed by atoms with van der Waals surface area (Å²) in [7, 11) is 1.57. The number of aliphatic carboxylic acids is 1. The lowest BCUT2D eigenvalue weighted by Gasteiger charge is -2.15. The molecule has 0 spiro atoms. The highest BCUT2D eigenvalue weighted by atomic mass is 16.5. The molecular formula is C13H14N2O4. The maximum atomic E-state index is 11.7. The smallest absolute Gasteiger partial charge is 0.341 e. The van der Waals surface area contributed by atoms with Crippen LogP contribution < -0.4 is 10.1 Å². The van der Waals surface area contributed by atoms with Crippen molar-refractivity contribution in [2.45, 2.75) is 0 Å². The van der Waals surface area contributed by atoms with E-state index in [1.54, 1.807) is 25.2 Å². The van der Waals surface area contributed by atoms with Crippen LogP contribution in [-0.4, -0.2) is 42.2 Å². The lowest BCUT2D eigenvalue weighted by atomic mass is 10.3. The molecule has 0 aliphatic rings. The molecule has 0 saturated carbocycles. The van der Waals surface area contributed by atoms with Gasteiger partial charge in [0.05, 0.1) is 6.54 Å². The standard InChI is InChI=1S/C13H14N2O4/c1-3-7-15(2)13(18)14-10-5-4-6-11(8-10)19-9-12(16)17/h1,4-6,8H,7,9H2,2H3,(H,14,18)(H,16,17). The molecular weight excluding hydrogens is 248 g/mol. The number of nitrogens with one attached hydrogen (secondary N) is 1. The first-order valence-electron chi connectivity index (χ1n) is 5.43. The van der Waals surface area contributed by atoms with E-state index in [0.29, 0.717) is 11.4 Å². The minimum Gasteiger partial charge on any atom is -0.482 e. The Morgan fingerprint density at radius 1 is 1.53 bits per heavy atom. The van der Waals surface area contributed by atoms with Gasteiger partial charge in [0.2, 0.25) is 0 Å². The number of terminal acetylenes is 1. The Kier molecular flexibility index (Phi) is 5.23. The highest BCUT2D eigenvalue weighted by Gasteiger charge is 2.08. The fraction of sp³-hybridized carbons (Fsp3) is 0.231. The van der Waals surface area contributed by atoms with Crippen LogP contribution >= 0.6 is 0 Å². The van der Waals surface area contributed by atoms with Crippen molar-refractivity contribution in [2.75, 3.05) is 25.5 Å². The molecule has 2 amide bonds. The molecule has 0 radical (unpaired) electrons. The highest BCUT2D eigenvalue weighted by Crippen LogP contribution is 2.17. The first-order valence-corrected chi connectivity index (χ1v) is 5.43. The average molecular weight is 262 g/mol. The number of nitrogens with zero attached hydrogens (tertiary/aromatic N) is 1. The summed E-state index contributed by atoms with van der Waals surface area (Å²) in [5, 5.41) is 11.1. The van der Waals surface area contributed by atoms with Crippen LogP contribution in [-0.2, 0) is 4.79 Å². The molecule has 0 aliphatic carbocycles. The van der Waals surface area contributed by atoms with Crippen molar-refractivity contribution in [2.24, 2.45) is 0 Å². The molecule has 0 aliphatic heterocycles. The van der Waals surface area contributed by atoms with E-state index in [0.717, 1.165) is 0 Å². The topological polar surface area (TPSA) is 78.9 Å². The van der Waals surface area contributed by atoms with Crippen LogP contribution in [0.15, 0.2) is 24.3 Å². The third-order valence-corrected chi connectivity index (χ3v) is 2.12. The summed E-state index contributed by atoms with van der Waals surface area (Å²) in [6, 6.07) is 6.09. The Labute approximate surface area is 111 Å². The fourth-order valence-corrected chi connectivity index (χ4v) is 1.24. The number of rotatable bonds is 5. The summed E-state index contributed by atoms with van der Waals surface area (Å²) in [5.41, 5.74) is 0.497. The van der Waals surface area contributed by atoms with Crippen LogP contribution in [0.25, 0.3) is 0 Å². The van der Waals surface area contributed by atoms with Crippen LogP contribution in [0.3, 0.4) is 0 Å². The van der Waals surface area contributed by atoms with E-state index >= 15 is 0 Å². The molecule has 1 aromatic carbocycles. The van der Waals surface area contributed by atoms with E-state index < -0.39 is 12.6 Å². The summed E-state index contributed by atoms with van der Waals surface area (Å²) in [6.45, 7) is -0.241. The second kappa shape index (κ2) is 6.91. The zero-order valence-corrected chi connectivity index (χ0v) is 10.4. The minimum absolute atomic E-state index is 0.195. The Morgan fingerprint density at radius 2 is 2.26 bits per heavy atom. The number of carbonyl (C=O) groups is 2. The molecule has 0 fully saturated rings. The number of anilines is 1. The second-order valence-electron chi connectivity index (χ2n) is 3.70. The quantitative estimate of drug-likeness (QED) is 0.783. The van der Waals surface area contributed by atoms with Gasteiger partial charge in [0.25, 0.3) is 0 Å². The lowest BCUT2D eigenvalue weighted by molar-refractivity contribution is -0.139. The molecule has 100 valence electrons. The van der Waals surface area contributed by atoms with E-state index in [-0.39, 0.29) is 12.6 Å². The molecule has 1 rings (SSSR count). The molecule has 0 atom stereocenters. The van der Waals surface area contributed by atoms with Gasteiger partial charge >= 0.3 is 12.0 Å². The molecule has 6 heteroatoms. The number of hydrogen-bond acceptors (Lipinski definition) is 3. The van der Waals surface area contributed by atoms with Crippen molar-refractivity contribution in [3.05, 3.63) is 24.3 Å². The van der Waals surface area contributed by atoms with Crippen LogP contribution in [0, 0.1) is 12.3 Å². The number of hydrogen-bond donors (Lipinski definition) is 2. The van der Waals surface area contributed by atoms with Crippen molar-refractivity contribution in [3.8, 4) is 18.1 Å². The van der Waals surface area contributed by atoms with E-state index in [2.05, 4.69) is 11.2 Å². The first-order chi connectivity index (χ1) is 9.02. The lowest BCUT2D eigenvalue weighted by Crippen LogP contribution is -2.31. The van der Waals surface area contributed by atoms with Gasteiger partial charge in [0, 0.05) is 18.8 Å². The van der Waals surface area contributed by atoms with E-state index in [9.17, 15) is 9.59 Å². The van der Waals surface area contributed by atoms with E-state index in [4.69, 9.17) is 16.3 Å². The highest BCUT2D eigenvalue weighted by molar-refractivity contribution is 5.89. The second-order valence-corrected chi connectivity index (χ2v) is 3.70. The van der Waals surface area contributed by atoms with Gasteiger partial charge in [0.1, 0.15) is 5.75 Å². The predicted octanol–water partition coefficient (Wildman–Crippen LogP) is 1.25. The van der Waals surface area contributed by atoms with Gasteiger partial charge in [-0.2, -0.15) is 0 Å². The number of urea groups is 1. The molecule has 0 bridgehead atoms. The van der Waals surface area contributed by atoms with Crippen molar-refractivity contribution in [1.82, 2.24) is 4.90 Å². The number of ether oxygens (including phenoxy) is 1. The normalized spacial score (nSPS) is 9.26. The Bertz CT molecular complexity index is 508. The average Bonchev–Trinajstić information content (AvgIpc) is 2.37. The predicted molar refractivity (Wildman–Crippen MR) is 70.1 cm³/mol. The molecule has 19 heavy (non-hydrogen) atoms. The number of carboxylic acid groups (broad SMARTS) is 1. The van der Waals surface area contributed by atoms with Crippen molar-refractivity contribution in [3.63, 3.8) is 0 Å². The zero-order valence-electron chi connectivity index (χ0n) is 10.4. The molecule has 1 aromatic rings. The van der Waals surface area contributed by atoms with Gasteiger partial charge in [-0.05, 0) is 12.1 Å². The maximum absolute atomic E-state index is 11.7. The largest absolute Gasteiger partial charge is 0.482 e. The third-order valence-electron chi connectivity index (χ3n) is 2.12. The summed E-state index contributed by atoms with van der Waals surface area (Å²) < 4.78 is 5.00. The van der Waals surface area contributed by atoms with Gasteiger partial charge in [-0.3, -0.25) is 0 Å². The van der Waals surface area contributed by atoms with E-state index in [1.165, 1.54) is 11.0 Å². The van der Waals surface area contributed by atoms with Gasteiger partial charge in [-0.25, -0.2) is 9.59 Å². The number of carbonyl (C=O) groups excluding carboxylic acids is 1. The van der Waals surface area contributed by atoms with Gasteiger partial charge in [0.15, 0.2) is 6.61 Å². The fourth-order valence-electron chi connectivity index (χ4n) is 1.24. The first kappa shape index (κ1) is 14.4. The summed E-state index contributed by atoms with van der Waals surface area (Å²) in [4.78, 5) is 23.4. The number of carboxylic acids is 1. The zero-order chi connectivity index (χ0) is 14.3. The van der Waals surface area contributed by atoms with E-state index in [1.807, 2.05) is 0 Å². The SMILES string of the molecule is C#CCN(C)C(=O)Nc1cccc(OCC(=O)O)c1. The van der Waals surface area contributed by atoms with Crippen LogP contribution in [0.5, 0.6) is 5.75 Å². The van der Waals surface area contributed by atoms with Crippen molar-refractivity contribution < 1.29 is 19.4 Å².